The summed E-state index contributed by atoms with van der Waals surface area (Å²) >= 11 is 0. The van der Waals surface area contributed by atoms with Crippen LogP contribution in [0.4, 0.5) is 5.69 Å². The molecule has 0 radical (unpaired) electrons. The topological polar surface area (TPSA) is 75.4 Å². The molecule has 1 aromatic rings. The van der Waals surface area contributed by atoms with Crippen molar-refractivity contribution >= 4 is 15.9 Å². The Hall–Kier alpha value is -1.11. The van der Waals surface area contributed by atoms with E-state index in [0.717, 1.165) is 24.8 Å². The third-order valence-corrected chi connectivity index (χ3v) is 5.65. The molecule has 1 fully saturated rings. The van der Waals surface area contributed by atoms with Gasteiger partial charge in [-0.15, -0.1) is 0 Å². The second-order valence-corrected chi connectivity index (χ2v) is 7.08. The largest absolute Gasteiger partial charge is 0.398 e. The minimum absolute atomic E-state index is 0.0570. The van der Waals surface area contributed by atoms with Gasteiger partial charge in [0.05, 0.1) is 0 Å². The van der Waals surface area contributed by atoms with Gasteiger partial charge in [0.2, 0.25) is 0 Å². The Morgan fingerprint density at radius 3 is 2.70 bits per heavy atom. The maximum atomic E-state index is 12.5. The van der Waals surface area contributed by atoms with Crippen molar-refractivity contribution in [3.63, 3.8) is 0 Å². The van der Waals surface area contributed by atoms with Crippen LogP contribution in [0.3, 0.4) is 0 Å². The fourth-order valence-corrected chi connectivity index (χ4v) is 4.35. The Morgan fingerprint density at radius 2 is 2.05 bits per heavy atom. The summed E-state index contributed by atoms with van der Waals surface area (Å²) in [6.07, 6.45) is 2.93. The van der Waals surface area contributed by atoms with E-state index < -0.39 is 10.2 Å². The molecule has 6 heteroatoms. The predicted octanol–water partition coefficient (Wildman–Crippen LogP) is 2.04. The number of benzene rings is 1. The quantitative estimate of drug-likeness (QED) is 0.835. The van der Waals surface area contributed by atoms with Gasteiger partial charge in [0.25, 0.3) is 10.2 Å². The lowest BCUT2D eigenvalue weighted by atomic mass is 10.1. The molecular formula is C14H23N3O2S. The van der Waals surface area contributed by atoms with Crippen molar-refractivity contribution in [1.82, 2.24) is 9.03 Å². The molecule has 2 rings (SSSR count). The number of anilines is 1. The summed E-state index contributed by atoms with van der Waals surface area (Å²) in [4.78, 5) is 0. The van der Waals surface area contributed by atoms with Crippen LogP contribution in [0.15, 0.2) is 24.3 Å². The number of nitrogens with zero attached hydrogens (tertiary/aromatic N) is 1. The van der Waals surface area contributed by atoms with Crippen molar-refractivity contribution in [3.05, 3.63) is 29.8 Å². The highest BCUT2D eigenvalue weighted by atomic mass is 32.2. The smallest absolute Gasteiger partial charge is 0.280 e. The summed E-state index contributed by atoms with van der Waals surface area (Å²) in [6, 6.07) is 7.05. The number of rotatable bonds is 4. The van der Waals surface area contributed by atoms with Gasteiger partial charge in [0, 0.05) is 24.3 Å². The van der Waals surface area contributed by atoms with Crippen LogP contribution in [-0.2, 0) is 10.2 Å². The molecule has 2 atom stereocenters. The zero-order valence-electron chi connectivity index (χ0n) is 12.0. The van der Waals surface area contributed by atoms with Crippen LogP contribution in [0, 0.1) is 0 Å². The predicted molar refractivity (Wildman–Crippen MR) is 81.3 cm³/mol. The van der Waals surface area contributed by atoms with E-state index >= 15 is 0 Å². The molecule has 5 nitrogen and oxygen atoms in total. The monoisotopic (exact) mass is 297 g/mol. The molecule has 1 heterocycles. The Morgan fingerprint density at radius 1 is 1.35 bits per heavy atom. The maximum Gasteiger partial charge on any atom is 0.280 e. The molecule has 112 valence electrons. The van der Waals surface area contributed by atoms with Crippen molar-refractivity contribution in [3.8, 4) is 0 Å². The minimum Gasteiger partial charge on any atom is -0.398 e. The minimum atomic E-state index is -3.47. The molecule has 3 N–H and O–H groups in total. The van der Waals surface area contributed by atoms with Crippen molar-refractivity contribution in [2.45, 2.75) is 45.2 Å². The molecule has 0 aliphatic carbocycles. The third-order valence-electron chi connectivity index (χ3n) is 3.84. The average Bonchev–Trinajstić information content (AvgIpc) is 2.38. The van der Waals surface area contributed by atoms with E-state index in [1.807, 2.05) is 32.0 Å². The normalized spacial score (nSPS) is 22.6. The van der Waals surface area contributed by atoms with Gasteiger partial charge in [0.1, 0.15) is 0 Å². The summed E-state index contributed by atoms with van der Waals surface area (Å²) in [5.74, 6) is 0. The lowest BCUT2D eigenvalue weighted by molar-refractivity contribution is 0.264. The zero-order chi connectivity index (χ0) is 14.8. The molecule has 1 aromatic carbocycles. The first-order valence-corrected chi connectivity index (χ1v) is 8.49. The number of hydrogen-bond donors (Lipinski definition) is 2. The van der Waals surface area contributed by atoms with Crippen LogP contribution in [0.25, 0.3) is 0 Å². The van der Waals surface area contributed by atoms with E-state index in [0.29, 0.717) is 12.2 Å². The van der Waals surface area contributed by atoms with Crippen LogP contribution in [0.1, 0.15) is 44.7 Å². The first kappa shape index (κ1) is 15.3. The fourth-order valence-electron chi connectivity index (χ4n) is 2.69. The van der Waals surface area contributed by atoms with Crippen LogP contribution >= 0.6 is 0 Å². The van der Waals surface area contributed by atoms with Gasteiger partial charge >= 0.3 is 0 Å². The summed E-state index contributed by atoms with van der Waals surface area (Å²) in [5.41, 5.74) is 7.31. The molecule has 0 aromatic heterocycles. The zero-order valence-corrected chi connectivity index (χ0v) is 12.9. The fraction of sp³-hybridized carbons (Fsp3) is 0.571. The van der Waals surface area contributed by atoms with Gasteiger partial charge < -0.3 is 5.73 Å². The standard InChI is InChI=1S/C14H23N3O2S/c1-11-7-5-6-10-17(11)20(18,19)16-12(2)13-8-3-4-9-14(13)15/h3-4,8-9,11-12,16H,5-7,10,15H2,1-2H3. The first-order valence-electron chi connectivity index (χ1n) is 7.05. The summed E-state index contributed by atoms with van der Waals surface area (Å²) in [5, 5.41) is 0. The lowest BCUT2D eigenvalue weighted by Crippen LogP contribution is -2.48. The molecular weight excluding hydrogens is 274 g/mol. The molecule has 20 heavy (non-hydrogen) atoms. The summed E-state index contributed by atoms with van der Waals surface area (Å²) < 4.78 is 29.2. The Balaban J connectivity index is 2.14. The van der Waals surface area contributed by atoms with Crippen LogP contribution < -0.4 is 10.5 Å². The highest BCUT2D eigenvalue weighted by Gasteiger charge is 2.30. The van der Waals surface area contributed by atoms with Crippen LogP contribution in [-0.4, -0.2) is 25.3 Å². The molecule has 0 saturated carbocycles. The van der Waals surface area contributed by atoms with E-state index in [1.165, 1.54) is 0 Å². The van der Waals surface area contributed by atoms with Gasteiger partial charge in [-0.3, -0.25) is 0 Å². The van der Waals surface area contributed by atoms with Gasteiger partial charge in [-0.1, -0.05) is 24.6 Å². The molecule has 0 amide bonds. The first-order chi connectivity index (χ1) is 9.42. The lowest BCUT2D eigenvalue weighted by Gasteiger charge is -2.33. The average molecular weight is 297 g/mol. The Labute approximate surface area is 121 Å². The number of nitrogens with two attached hydrogens (primary N) is 1. The molecule has 1 aliphatic heterocycles. The molecule has 1 aliphatic rings. The van der Waals surface area contributed by atoms with Crippen LogP contribution in [0.5, 0.6) is 0 Å². The van der Waals surface area contributed by atoms with Crippen molar-refractivity contribution in [2.24, 2.45) is 0 Å². The number of hydrogen-bond acceptors (Lipinski definition) is 3. The highest BCUT2D eigenvalue weighted by molar-refractivity contribution is 7.87. The van der Waals surface area contributed by atoms with Gasteiger partial charge in [-0.05, 0) is 38.3 Å². The highest BCUT2D eigenvalue weighted by Crippen LogP contribution is 2.23. The molecule has 0 spiro atoms. The third kappa shape index (κ3) is 3.31. The van der Waals surface area contributed by atoms with Gasteiger partial charge in [-0.2, -0.15) is 17.4 Å². The second-order valence-electron chi connectivity index (χ2n) is 5.43. The summed E-state index contributed by atoms with van der Waals surface area (Å²) in [6.45, 7) is 4.37. The Kier molecular flexibility index (Phi) is 4.67. The van der Waals surface area contributed by atoms with Gasteiger partial charge in [-0.25, -0.2) is 0 Å². The summed E-state index contributed by atoms with van der Waals surface area (Å²) in [7, 11) is -3.47. The van der Waals surface area contributed by atoms with E-state index in [4.69, 9.17) is 5.73 Å². The second kappa shape index (κ2) is 6.11. The van der Waals surface area contributed by atoms with Crippen molar-refractivity contribution < 1.29 is 8.42 Å². The number of para-hydroxylation sites is 1. The number of nitrogens with one attached hydrogen (secondary N) is 1. The van der Waals surface area contributed by atoms with E-state index in [2.05, 4.69) is 4.72 Å². The van der Waals surface area contributed by atoms with Crippen molar-refractivity contribution in [1.29, 1.82) is 0 Å². The van der Waals surface area contributed by atoms with E-state index in [9.17, 15) is 8.42 Å². The molecule has 0 bridgehead atoms. The van der Waals surface area contributed by atoms with E-state index in [-0.39, 0.29) is 12.1 Å². The van der Waals surface area contributed by atoms with Gasteiger partial charge in [0.15, 0.2) is 0 Å². The van der Waals surface area contributed by atoms with Crippen LogP contribution in [0.2, 0.25) is 0 Å². The van der Waals surface area contributed by atoms with E-state index in [1.54, 1.807) is 10.4 Å². The maximum absolute atomic E-state index is 12.5. The molecule has 2 unspecified atom stereocenters. The number of piperidine rings is 1. The Bertz CT molecular complexity index is 559. The number of nitrogen functional groups attached to an aromatic ring is 1. The molecule has 1 saturated heterocycles. The SMILES string of the molecule is CC(NS(=O)(=O)N1CCCCC1C)c1ccccc1N. The van der Waals surface area contributed by atoms with Crippen molar-refractivity contribution in [2.75, 3.05) is 12.3 Å².